The van der Waals surface area contributed by atoms with Gasteiger partial charge < -0.3 is 9.84 Å². The second kappa shape index (κ2) is 6.48. The summed E-state index contributed by atoms with van der Waals surface area (Å²) in [4.78, 5) is 11.0. The van der Waals surface area contributed by atoms with E-state index in [1.807, 2.05) is 0 Å². The lowest BCUT2D eigenvalue weighted by Crippen LogP contribution is -2.00. The van der Waals surface area contributed by atoms with Crippen molar-refractivity contribution in [2.24, 2.45) is 0 Å². The van der Waals surface area contributed by atoms with Gasteiger partial charge in [-0.15, -0.1) is 0 Å². The van der Waals surface area contributed by atoms with Gasteiger partial charge in [0.15, 0.2) is 0 Å². The van der Waals surface area contributed by atoms with Crippen LogP contribution in [-0.2, 0) is 6.61 Å². The molecule has 104 valence electrons. The van der Waals surface area contributed by atoms with Crippen LogP contribution in [0.15, 0.2) is 40.9 Å². The molecule has 0 aromatic heterocycles. The predicted molar refractivity (Wildman–Crippen MR) is 81.9 cm³/mol. The Morgan fingerprint density at radius 1 is 1.15 bits per heavy atom. The molecule has 0 atom stereocenters. The van der Waals surface area contributed by atoms with Crippen LogP contribution in [0.5, 0.6) is 5.75 Å². The molecule has 0 aliphatic carbocycles. The third kappa shape index (κ3) is 3.66. The van der Waals surface area contributed by atoms with Crippen molar-refractivity contribution in [1.29, 1.82) is 0 Å². The lowest BCUT2D eigenvalue weighted by molar-refractivity contribution is 0.0695. The molecule has 20 heavy (non-hydrogen) atoms. The van der Waals surface area contributed by atoms with Crippen LogP contribution in [0.3, 0.4) is 0 Å². The van der Waals surface area contributed by atoms with E-state index in [1.165, 1.54) is 6.07 Å². The number of halogens is 3. The van der Waals surface area contributed by atoms with E-state index in [0.717, 1.165) is 5.56 Å². The summed E-state index contributed by atoms with van der Waals surface area (Å²) in [6.45, 7) is 0.275. The van der Waals surface area contributed by atoms with Crippen molar-refractivity contribution in [3.05, 3.63) is 62.0 Å². The van der Waals surface area contributed by atoms with Gasteiger partial charge >= 0.3 is 5.97 Å². The van der Waals surface area contributed by atoms with Gasteiger partial charge in [-0.1, -0.05) is 29.3 Å². The minimum atomic E-state index is -1.02. The Bertz CT molecular complexity index is 659. The third-order valence-electron chi connectivity index (χ3n) is 2.56. The Labute approximate surface area is 134 Å². The van der Waals surface area contributed by atoms with Gasteiger partial charge in [0.25, 0.3) is 0 Å². The molecule has 0 unspecified atom stereocenters. The van der Waals surface area contributed by atoms with Crippen molar-refractivity contribution in [2.45, 2.75) is 6.61 Å². The highest BCUT2D eigenvalue weighted by atomic mass is 79.9. The Kier molecular flexibility index (Phi) is 4.91. The van der Waals surface area contributed by atoms with Crippen molar-refractivity contribution in [3.63, 3.8) is 0 Å². The third-order valence-corrected chi connectivity index (χ3v) is 3.99. The first-order valence-electron chi connectivity index (χ1n) is 5.57. The molecule has 0 heterocycles. The lowest BCUT2D eigenvalue weighted by atomic mass is 10.2. The van der Waals surface area contributed by atoms with E-state index < -0.39 is 5.97 Å². The maximum absolute atomic E-state index is 11.0. The summed E-state index contributed by atoms with van der Waals surface area (Å²) < 4.78 is 6.05. The molecule has 0 fully saturated rings. The number of aromatic carboxylic acids is 1. The standard InChI is InChI=1S/C14H9BrCl2O3/c15-11-3-2-9(6-10(11)14(18)19)20-7-8-1-4-12(16)13(17)5-8/h1-6H,7H2,(H,18,19). The molecule has 0 aliphatic heterocycles. The molecule has 2 aromatic rings. The van der Waals surface area contributed by atoms with E-state index in [2.05, 4.69) is 15.9 Å². The number of carboxylic acid groups (broad SMARTS) is 1. The number of carbonyl (C=O) groups is 1. The second-order valence-electron chi connectivity index (χ2n) is 3.98. The molecular formula is C14H9BrCl2O3. The van der Waals surface area contributed by atoms with Gasteiger partial charge in [0, 0.05) is 4.47 Å². The molecule has 0 saturated carbocycles. The summed E-state index contributed by atoms with van der Waals surface area (Å²) >= 11 is 14.9. The number of rotatable bonds is 4. The Morgan fingerprint density at radius 3 is 2.55 bits per heavy atom. The molecule has 2 aromatic carbocycles. The SMILES string of the molecule is O=C(O)c1cc(OCc2ccc(Cl)c(Cl)c2)ccc1Br. The van der Waals surface area contributed by atoms with E-state index in [1.54, 1.807) is 30.3 Å². The highest BCUT2D eigenvalue weighted by molar-refractivity contribution is 9.10. The molecule has 6 heteroatoms. The fourth-order valence-corrected chi connectivity index (χ4v) is 2.29. The first kappa shape index (κ1) is 15.2. The van der Waals surface area contributed by atoms with E-state index in [4.69, 9.17) is 33.0 Å². The molecule has 0 bridgehead atoms. The first-order chi connectivity index (χ1) is 9.47. The first-order valence-corrected chi connectivity index (χ1v) is 7.12. The highest BCUT2D eigenvalue weighted by Gasteiger charge is 2.09. The predicted octanol–water partition coefficient (Wildman–Crippen LogP) is 5.03. The zero-order valence-corrected chi connectivity index (χ0v) is 13.2. The summed E-state index contributed by atoms with van der Waals surface area (Å²) in [6.07, 6.45) is 0. The fourth-order valence-electron chi connectivity index (χ4n) is 1.55. The molecule has 3 nitrogen and oxygen atoms in total. The lowest BCUT2D eigenvalue weighted by Gasteiger charge is -2.08. The smallest absolute Gasteiger partial charge is 0.336 e. The maximum atomic E-state index is 11.0. The minimum absolute atomic E-state index is 0.150. The van der Waals surface area contributed by atoms with Gasteiger partial charge in [-0.25, -0.2) is 4.79 Å². The summed E-state index contributed by atoms with van der Waals surface area (Å²) in [5.74, 6) is -0.548. The highest BCUT2D eigenvalue weighted by Crippen LogP contribution is 2.25. The van der Waals surface area contributed by atoms with Crippen LogP contribution in [0.1, 0.15) is 15.9 Å². The zero-order chi connectivity index (χ0) is 14.7. The Hall–Kier alpha value is -1.23. The monoisotopic (exact) mass is 374 g/mol. The molecule has 0 aliphatic rings. The van der Waals surface area contributed by atoms with Gasteiger partial charge in [-0.2, -0.15) is 0 Å². The number of benzene rings is 2. The van der Waals surface area contributed by atoms with Crippen molar-refractivity contribution >= 4 is 45.1 Å². The van der Waals surface area contributed by atoms with E-state index in [9.17, 15) is 4.79 Å². The number of hydrogen-bond donors (Lipinski definition) is 1. The van der Waals surface area contributed by atoms with Crippen LogP contribution >= 0.6 is 39.1 Å². The second-order valence-corrected chi connectivity index (χ2v) is 5.65. The zero-order valence-electron chi connectivity index (χ0n) is 10.1. The fraction of sp³-hybridized carbons (Fsp3) is 0.0714. The molecule has 0 saturated heterocycles. The summed E-state index contributed by atoms with van der Waals surface area (Å²) in [5, 5.41) is 9.96. The van der Waals surface area contributed by atoms with E-state index in [0.29, 0.717) is 20.3 Å². The van der Waals surface area contributed by atoms with Crippen molar-refractivity contribution in [1.82, 2.24) is 0 Å². The Balaban J connectivity index is 2.12. The minimum Gasteiger partial charge on any atom is -0.489 e. The van der Waals surface area contributed by atoms with Gasteiger partial charge in [0.2, 0.25) is 0 Å². The van der Waals surface area contributed by atoms with Gasteiger partial charge in [0.1, 0.15) is 12.4 Å². The molecule has 0 spiro atoms. The van der Waals surface area contributed by atoms with Crippen molar-refractivity contribution < 1.29 is 14.6 Å². The van der Waals surface area contributed by atoms with E-state index in [-0.39, 0.29) is 12.2 Å². The average molecular weight is 376 g/mol. The van der Waals surface area contributed by atoms with Gasteiger partial charge in [-0.05, 0) is 51.8 Å². The summed E-state index contributed by atoms with van der Waals surface area (Å²) in [7, 11) is 0. The van der Waals surface area contributed by atoms with Crippen molar-refractivity contribution in [3.8, 4) is 5.75 Å². The largest absolute Gasteiger partial charge is 0.489 e. The van der Waals surface area contributed by atoms with Crippen LogP contribution in [0, 0.1) is 0 Å². The van der Waals surface area contributed by atoms with Crippen LogP contribution in [0.4, 0.5) is 0 Å². The molecule has 1 N–H and O–H groups in total. The van der Waals surface area contributed by atoms with Gasteiger partial charge in [-0.3, -0.25) is 0 Å². The average Bonchev–Trinajstić information content (AvgIpc) is 2.41. The number of carboxylic acids is 1. The molecule has 0 radical (unpaired) electrons. The Morgan fingerprint density at radius 2 is 1.90 bits per heavy atom. The van der Waals surface area contributed by atoms with Crippen LogP contribution in [0.25, 0.3) is 0 Å². The number of hydrogen-bond acceptors (Lipinski definition) is 2. The molecular weight excluding hydrogens is 367 g/mol. The van der Waals surface area contributed by atoms with Crippen LogP contribution in [0.2, 0.25) is 10.0 Å². The number of ether oxygens (including phenoxy) is 1. The summed E-state index contributed by atoms with van der Waals surface area (Å²) in [6, 6.07) is 9.98. The maximum Gasteiger partial charge on any atom is 0.336 e. The molecule has 0 amide bonds. The van der Waals surface area contributed by atoms with Gasteiger partial charge in [0.05, 0.1) is 15.6 Å². The normalized spacial score (nSPS) is 10.3. The molecule has 2 rings (SSSR count). The van der Waals surface area contributed by atoms with Crippen molar-refractivity contribution in [2.75, 3.05) is 0 Å². The van der Waals surface area contributed by atoms with Crippen LogP contribution < -0.4 is 4.74 Å². The van der Waals surface area contributed by atoms with Crippen LogP contribution in [-0.4, -0.2) is 11.1 Å². The quantitative estimate of drug-likeness (QED) is 0.814. The van der Waals surface area contributed by atoms with E-state index >= 15 is 0 Å². The summed E-state index contributed by atoms with van der Waals surface area (Å²) in [5.41, 5.74) is 0.996. The topological polar surface area (TPSA) is 46.5 Å².